The van der Waals surface area contributed by atoms with Crippen molar-refractivity contribution in [2.75, 3.05) is 20.3 Å². The molecule has 1 rings (SSSR count). The van der Waals surface area contributed by atoms with Gasteiger partial charge in [-0.3, -0.25) is 4.79 Å². The topological polar surface area (TPSA) is 545 Å². The van der Waals surface area contributed by atoms with E-state index in [4.69, 9.17) is 5.11 Å². The second-order valence-electron chi connectivity index (χ2n) is 15.7. The largest absolute Gasteiger partial charge is 0.403 e. The van der Waals surface area contributed by atoms with Gasteiger partial charge in [0.1, 0.15) is 0 Å². The number of hydrogen-bond donors (Lipinski definition) is 25. The lowest BCUT2D eigenvalue weighted by atomic mass is 9.80. The highest BCUT2D eigenvalue weighted by molar-refractivity contribution is 5.72. The van der Waals surface area contributed by atoms with Gasteiger partial charge in [-0.2, -0.15) is 4.90 Å². The number of ether oxygens (including phenoxy) is 2. The van der Waals surface area contributed by atoms with E-state index in [1.807, 2.05) is 6.92 Å². The normalized spacial score (nSPS) is 17.1. The summed E-state index contributed by atoms with van der Waals surface area (Å²) >= 11 is 0. The maximum atomic E-state index is 13.2. The molecular formula is C33H65NO28. The molecule has 0 aromatic rings. The molecule has 29 nitrogen and oxygen atoms in total. The van der Waals surface area contributed by atoms with Crippen LogP contribution in [0.1, 0.15) is 96.8 Å². The van der Waals surface area contributed by atoms with Crippen molar-refractivity contribution < 1.29 is 142 Å². The number of methoxy groups -OCH3 is 1. The summed E-state index contributed by atoms with van der Waals surface area (Å²) in [6.45, 7) is -0.997. The number of esters is 1. The predicted octanol–water partition coefficient (Wildman–Crippen LogP) is -10.8. The first-order chi connectivity index (χ1) is 27.7. The average Bonchev–Trinajstić information content (AvgIpc) is 3.11. The lowest BCUT2D eigenvalue weighted by Crippen LogP contribution is -2.90. The van der Waals surface area contributed by atoms with Gasteiger partial charge in [-0.15, -0.1) is 0 Å². The minimum Gasteiger partial charge on any atom is -0.403 e. The Morgan fingerprint density at radius 3 is 1.32 bits per heavy atom. The third-order valence-electron chi connectivity index (χ3n) is 11.2. The van der Waals surface area contributed by atoms with Gasteiger partial charge in [-0.1, -0.05) is 64.7 Å². The van der Waals surface area contributed by atoms with E-state index in [0.29, 0.717) is 19.3 Å². The Kier molecular flexibility index (Phi) is 18.9. The summed E-state index contributed by atoms with van der Waals surface area (Å²) < 4.78 is 8.03. The van der Waals surface area contributed by atoms with E-state index < -0.39 is 113 Å². The van der Waals surface area contributed by atoms with Crippen molar-refractivity contribution in [1.29, 1.82) is 0 Å². The number of nitrogens with zero attached hydrogens (tertiary/aromatic N) is 1. The van der Waals surface area contributed by atoms with E-state index in [1.165, 1.54) is 0 Å². The predicted molar refractivity (Wildman–Crippen MR) is 190 cm³/mol. The Hall–Kier alpha value is -1.61. The van der Waals surface area contributed by atoms with E-state index in [0.717, 1.165) is 44.9 Å². The highest BCUT2D eigenvalue weighted by Crippen LogP contribution is 2.48. The zero-order chi connectivity index (χ0) is 49.0. The van der Waals surface area contributed by atoms with Crippen LogP contribution in [0, 0.1) is 11.8 Å². The number of carbonyl (C=O) groups is 1. The molecule has 0 aliphatic heterocycles. The SMILES string of the molecule is CCCCCCCCC(CCC1CCC1)C(=O)OC(O)(O)C(O)(O)C(O)(O)C(O)(O)C(O)(O)C(O)(O)N(CCCCO)C(O)(O)C(O)(O)C(O)(O)C(O)(O)C(O)(O)C(O)(O)OC. The Morgan fingerprint density at radius 1 is 0.532 bits per heavy atom. The summed E-state index contributed by atoms with van der Waals surface area (Å²) in [5.41, 5.74) is 0. The number of aliphatic hydroxyl groups excluding tert-OH is 1. The van der Waals surface area contributed by atoms with Gasteiger partial charge in [-0.05, 0) is 38.0 Å². The average molecular weight is 924 g/mol. The molecule has 0 aromatic carbocycles. The van der Waals surface area contributed by atoms with Gasteiger partial charge in [0.25, 0.3) is 46.5 Å². The second-order valence-corrected chi connectivity index (χ2v) is 15.7. The van der Waals surface area contributed by atoms with Crippen molar-refractivity contribution >= 4 is 5.97 Å². The molecule has 1 aliphatic carbocycles. The van der Waals surface area contributed by atoms with Crippen LogP contribution in [0.25, 0.3) is 0 Å². The number of aliphatic hydroxyl groups is 25. The number of unbranched alkanes of at least 4 members (excludes halogenated alkanes) is 6. The van der Waals surface area contributed by atoms with Gasteiger partial charge in [0.2, 0.25) is 0 Å². The minimum atomic E-state index is -6.11. The van der Waals surface area contributed by atoms with Crippen LogP contribution in [0.4, 0.5) is 0 Å². The van der Waals surface area contributed by atoms with Crippen LogP contribution < -0.4 is 0 Å². The Balaban J connectivity index is 3.80. The van der Waals surface area contributed by atoms with E-state index in [2.05, 4.69) is 9.47 Å². The quantitative estimate of drug-likeness (QED) is 0.0188. The van der Waals surface area contributed by atoms with Crippen LogP contribution in [0.2, 0.25) is 0 Å². The summed E-state index contributed by atoms with van der Waals surface area (Å²) in [6.07, 6.45) is 5.29. The Morgan fingerprint density at radius 2 is 0.935 bits per heavy atom. The molecule has 0 heterocycles. The van der Waals surface area contributed by atoms with Crippen LogP contribution in [0.3, 0.4) is 0 Å². The van der Waals surface area contributed by atoms with Crippen LogP contribution in [0.15, 0.2) is 0 Å². The number of carbonyl (C=O) groups excluding carboxylic acids is 1. The Bertz CT molecular complexity index is 1420. The molecule has 1 saturated carbocycles. The highest BCUT2D eigenvalue weighted by Gasteiger charge is 2.85. The molecule has 370 valence electrons. The molecular weight excluding hydrogens is 858 g/mol. The summed E-state index contributed by atoms with van der Waals surface area (Å²) in [6, 6.07) is 0. The summed E-state index contributed by atoms with van der Waals surface area (Å²) in [5.74, 6) is -71.7. The zero-order valence-electron chi connectivity index (χ0n) is 33.8. The summed E-state index contributed by atoms with van der Waals surface area (Å²) in [5, 5.41) is 261. The van der Waals surface area contributed by atoms with Gasteiger partial charge < -0.3 is 137 Å². The van der Waals surface area contributed by atoms with Crippen molar-refractivity contribution in [3.8, 4) is 0 Å². The number of rotatable bonds is 29. The fourth-order valence-electron chi connectivity index (χ4n) is 6.39. The Labute approximate surface area is 351 Å². The van der Waals surface area contributed by atoms with E-state index in [9.17, 15) is 127 Å². The summed E-state index contributed by atoms with van der Waals surface area (Å²) in [7, 11) is 0.149. The van der Waals surface area contributed by atoms with Crippen LogP contribution in [-0.2, 0) is 14.3 Å². The molecule has 0 radical (unpaired) electrons. The maximum absolute atomic E-state index is 13.2. The second kappa shape index (κ2) is 20.1. The van der Waals surface area contributed by atoms with E-state index in [1.54, 1.807) is 0 Å². The molecule has 0 saturated heterocycles. The number of hydrogen-bond acceptors (Lipinski definition) is 29. The smallest absolute Gasteiger partial charge is 0.387 e. The van der Waals surface area contributed by atoms with Gasteiger partial charge in [-0.25, -0.2) is 0 Å². The molecule has 62 heavy (non-hydrogen) atoms. The van der Waals surface area contributed by atoms with Gasteiger partial charge in [0.05, 0.1) is 5.92 Å². The lowest BCUT2D eigenvalue weighted by Gasteiger charge is -2.57. The van der Waals surface area contributed by atoms with Gasteiger partial charge in [0, 0.05) is 20.3 Å². The minimum absolute atomic E-state index is 0.00541. The molecule has 0 amide bonds. The molecule has 1 unspecified atom stereocenters. The molecule has 25 N–H and O–H groups in total. The lowest BCUT2D eigenvalue weighted by molar-refractivity contribution is -0.613. The molecule has 1 fully saturated rings. The van der Waals surface area contributed by atoms with Crippen molar-refractivity contribution in [3.63, 3.8) is 0 Å². The van der Waals surface area contributed by atoms with Crippen molar-refractivity contribution in [2.45, 2.75) is 167 Å². The first kappa shape index (κ1) is 58.4. The van der Waals surface area contributed by atoms with Crippen LogP contribution in [0.5, 0.6) is 0 Å². The van der Waals surface area contributed by atoms with E-state index >= 15 is 0 Å². The highest BCUT2D eigenvalue weighted by atomic mass is 16.8. The monoisotopic (exact) mass is 923 g/mol. The molecule has 0 bridgehead atoms. The molecule has 29 heteroatoms. The molecule has 1 atom stereocenters. The zero-order valence-corrected chi connectivity index (χ0v) is 33.8. The molecule has 0 spiro atoms. The maximum Gasteiger partial charge on any atom is 0.387 e. The fraction of sp³-hybridized carbons (Fsp3) is 0.970. The van der Waals surface area contributed by atoms with Crippen molar-refractivity contribution in [3.05, 3.63) is 0 Å². The summed E-state index contributed by atoms with van der Waals surface area (Å²) in [4.78, 5) is 11.6. The van der Waals surface area contributed by atoms with Crippen molar-refractivity contribution in [2.24, 2.45) is 11.8 Å². The van der Waals surface area contributed by atoms with Crippen LogP contribution in [-0.4, -0.2) is 229 Å². The van der Waals surface area contributed by atoms with Gasteiger partial charge >= 0.3 is 29.5 Å². The van der Waals surface area contributed by atoms with E-state index in [-0.39, 0.29) is 25.9 Å². The van der Waals surface area contributed by atoms with Crippen molar-refractivity contribution in [1.82, 2.24) is 4.90 Å². The standard InChI is InChI=1S/C33H65NO28/c1-3-4-5-6-7-8-14-20(16-15-19-12-11-13-19)21(36)62-33(59,60)29(51,52)25(43,44)23(39,40)27(47,48)31(55,56)34(17-9-10-18-35)30(53,54)26(45,46)22(37,38)24(41,42)28(49,50)32(57,58)61-2/h19-20,35,37-60H,3-18H2,1-2H3. The third kappa shape index (κ3) is 10.3. The molecule has 0 aromatic heterocycles. The molecule has 1 aliphatic rings. The first-order valence-corrected chi connectivity index (χ1v) is 19.2. The fourth-order valence-corrected chi connectivity index (χ4v) is 6.39. The van der Waals surface area contributed by atoms with Crippen LogP contribution >= 0.6 is 0 Å². The first-order valence-electron chi connectivity index (χ1n) is 19.2. The third-order valence-corrected chi connectivity index (χ3v) is 11.2. The van der Waals surface area contributed by atoms with Gasteiger partial charge in [0.15, 0.2) is 0 Å².